The summed E-state index contributed by atoms with van der Waals surface area (Å²) in [5.74, 6) is 2.28. The fourth-order valence-electron chi connectivity index (χ4n) is 1.66. The number of thioether (sulfide) groups is 1. The van der Waals surface area contributed by atoms with Gasteiger partial charge in [0, 0.05) is 37.7 Å². The summed E-state index contributed by atoms with van der Waals surface area (Å²) in [7, 11) is 1.86. The SMILES string of the molecule is Cn1cc(CC(=O)C2CSCCN2)cn1. The Kier molecular flexibility index (Phi) is 3.43. The van der Waals surface area contributed by atoms with Crippen LogP contribution in [0.4, 0.5) is 0 Å². The predicted molar refractivity (Wildman–Crippen MR) is 61.0 cm³/mol. The van der Waals surface area contributed by atoms with Gasteiger partial charge in [-0.1, -0.05) is 0 Å². The van der Waals surface area contributed by atoms with Crippen LogP contribution in [0.15, 0.2) is 12.4 Å². The van der Waals surface area contributed by atoms with Crippen molar-refractivity contribution in [2.24, 2.45) is 7.05 Å². The standard InChI is InChI=1S/C10H15N3OS/c1-13-6-8(5-12-13)4-10(14)9-7-15-3-2-11-9/h5-6,9,11H,2-4,7H2,1H3. The van der Waals surface area contributed by atoms with Crippen molar-refractivity contribution in [3.05, 3.63) is 18.0 Å². The molecule has 1 fully saturated rings. The number of nitrogens with one attached hydrogen (secondary N) is 1. The summed E-state index contributed by atoms with van der Waals surface area (Å²) in [5, 5.41) is 7.30. The van der Waals surface area contributed by atoms with Gasteiger partial charge in [0.15, 0.2) is 5.78 Å². The number of carbonyl (C=O) groups excluding carboxylic acids is 1. The van der Waals surface area contributed by atoms with Crippen molar-refractivity contribution >= 4 is 17.5 Å². The summed E-state index contributed by atoms with van der Waals surface area (Å²) in [6, 6.07) is 0.0314. The van der Waals surface area contributed by atoms with Crippen LogP contribution in [0.5, 0.6) is 0 Å². The van der Waals surface area contributed by atoms with Gasteiger partial charge in [0.2, 0.25) is 0 Å². The summed E-state index contributed by atoms with van der Waals surface area (Å²) in [6.07, 6.45) is 4.15. The van der Waals surface area contributed by atoms with Crippen LogP contribution < -0.4 is 5.32 Å². The van der Waals surface area contributed by atoms with Crippen molar-refractivity contribution in [2.75, 3.05) is 18.1 Å². The van der Waals surface area contributed by atoms with E-state index < -0.39 is 0 Å². The number of rotatable bonds is 3. The molecule has 82 valence electrons. The van der Waals surface area contributed by atoms with E-state index >= 15 is 0 Å². The molecule has 1 unspecified atom stereocenters. The molecular weight excluding hydrogens is 210 g/mol. The molecule has 0 amide bonds. The second kappa shape index (κ2) is 4.81. The number of aryl methyl sites for hydroxylation is 1. The molecule has 1 saturated heterocycles. The fraction of sp³-hybridized carbons (Fsp3) is 0.600. The minimum atomic E-state index is 0.0314. The van der Waals surface area contributed by atoms with Gasteiger partial charge in [-0.05, 0) is 5.56 Å². The molecule has 2 rings (SSSR count). The maximum absolute atomic E-state index is 11.9. The minimum absolute atomic E-state index is 0.0314. The summed E-state index contributed by atoms with van der Waals surface area (Å²) in [4.78, 5) is 11.9. The van der Waals surface area contributed by atoms with Crippen molar-refractivity contribution in [1.29, 1.82) is 0 Å². The molecule has 0 saturated carbocycles. The molecule has 1 aliphatic heterocycles. The maximum Gasteiger partial charge on any atom is 0.155 e. The van der Waals surface area contributed by atoms with E-state index in [0.717, 1.165) is 23.6 Å². The summed E-state index contributed by atoms with van der Waals surface area (Å²) < 4.78 is 1.73. The molecule has 1 aliphatic rings. The Morgan fingerprint density at radius 1 is 1.80 bits per heavy atom. The van der Waals surface area contributed by atoms with Gasteiger partial charge in [-0.15, -0.1) is 0 Å². The van der Waals surface area contributed by atoms with Crippen molar-refractivity contribution in [1.82, 2.24) is 15.1 Å². The van der Waals surface area contributed by atoms with Gasteiger partial charge in [-0.3, -0.25) is 9.48 Å². The Bertz CT molecular complexity index is 344. The Balaban J connectivity index is 1.91. The molecule has 2 heterocycles. The number of hydrogen-bond acceptors (Lipinski definition) is 4. The average molecular weight is 225 g/mol. The van der Waals surface area contributed by atoms with E-state index in [-0.39, 0.29) is 11.8 Å². The highest BCUT2D eigenvalue weighted by Gasteiger charge is 2.20. The molecule has 5 heteroatoms. The number of aromatic nitrogens is 2. The first-order chi connectivity index (χ1) is 7.25. The van der Waals surface area contributed by atoms with Gasteiger partial charge in [0.05, 0.1) is 12.2 Å². The van der Waals surface area contributed by atoms with E-state index in [1.165, 1.54) is 0 Å². The highest BCUT2D eigenvalue weighted by atomic mass is 32.2. The third-order valence-corrected chi connectivity index (χ3v) is 3.51. The van der Waals surface area contributed by atoms with Crippen LogP contribution in [0.1, 0.15) is 5.56 Å². The Morgan fingerprint density at radius 2 is 2.67 bits per heavy atom. The zero-order chi connectivity index (χ0) is 10.7. The second-order valence-electron chi connectivity index (χ2n) is 3.75. The first-order valence-electron chi connectivity index (χ1n) is 5.07. The third kappa shape index (κ3) is 2.82. The number of Topliss-reactive ketones (excluding diaryl/α,β-unsaturated/α-hetero) is 1. The van der Waals surface area contributed by atoms with Gasteiger partial charge in [-0.25, -0.2) is 0 Å². The molecule has 4 nitrogen and oxygen atoms in total. The molecule has 0 bridgehead atoms. The minimum Gasteiger partial charge on any atom is -0.306 e. The van der Waals surface area contributed by atoms with Gasteiger partial charge >= 0.3 is 0 Å². The van der Waals surface area contributed by atoms with Crippen LogP contribution in [0.3, 0.4) is 0 Å². The lowest BCUT2D eigenvalue weighted by atomic mass is 10.1. The van der Waals surface area contributed by atoms with Gasteiger partial charge in [0.25, 0.3) is 0 Å². The number of ketones is 1. The van der Waals surface area contributed by atoms with Gasteiger partial charge in [-0.2, -0.15) is 16.9 Å². The number of nitrogens with zero attached hydrogens (tertiary/aromatic N) is 2. The van der Waals surface area contributed by atoms with Crippen molar-refractivity contribution in [2.45, 2.75) is 12.5 Å². The Hall–Kier alpha value is -0.810. The van der Waals surface area contributed by atoms with E-state index in [4.69, 9.17) is 0 Å². The summed E-state index contributed by atoms with van der Waals surface area (Å²) in [6.45, 7) is 0.939. The Morgan fingerprint density at radius 3 is 3.27 bits per heavy atom. The van der Waals surface area contributed by atoms with Crippen LogP contribution in [-0.2, 0) is 18.3 Å². The molecule has 1 N–H and O–H groups in total. The molecule has 0 aliphatic carbocycles. The maximum atomic E-state index is 11.9. The topological polar surface area (TPSA) is 46.9 Å². The lowest BCUT2D eigenvalue weighted by molar-refractivity contribution is -0.119. The van der Waals surface area contributed by atoms with Crippen LogP contribution in [0.2, 0.25) is 0 Å². The monoisotopic (exact) mass is 225 g/mol. The zero-order valence-corrected chi connectivity index (χ0v) is 9.59. The van der Waals surface area contributed by atoms with E-state index in [1.807, 2.05) is 25.0 Å². The van der Waals surface area contributed by atoms with Gasteiger partial charge in [0.1, 0.15) is 0 Å². The molecule has 0 radical (unpaired) electrons. The van der Waals surface area contributed by atoms with Gasteiger partial charge < -0.3 is 5.32 Å². The molecule has 1 atom stereocenters. The lowest BCUT2D eigenvalue weighted by Gasteiger charge is -2.21. The van der Waals surface area contributed by atoms with E-state index in [1.54, 1.807) is 10.9 Å². The molecule has 0 spiro atoms. The highest BCUT2D eigenvalue weighted by molar-refractivity contribution is 7.99. The Labute approximate surface area is 93.4 Å². The molecule has 1 aromatic heterocycles. The zero-order valence-electron chi connectivity index (χ0n) is 8.77. The average Bonchev–Trinajstić information content (AvgIpc) is 2.65. The summed E-state index contributed by atoms with van der Waals surface area (Å²) >= 11 is 1.84. The smallest absolute Gasteiger partial charge is 0.155 e. The first kappa shape index (κ1) is 10.7. The van der Waals surface area contributed by atoms with E-state index in [9.17, 15) is 4.79 Å². The highest BCUT2D eigenvalue weighted by Crippen LogP contribution is 2.10. The van der Waals surface area contributed by atoms with Crippen LogP contribution in [0.25, 0.3) is 0 Å². The predicted octanol–water partition coefficient (Wildman–Crippen LogP) is 0.237. The molecule has 0 aromatic carbocycles. The fourth-order valence-corrected chi connectivity index (χ4v) is 2.63. The van der Waals surface area contributed by atoms with Crippen molar-refractivity contribution in [3.63, 3.8) is 0 Å². The molecule has 15 heavy (non-hydrogen) atoms. The molecular formula is C10H15N3OS. The normalized spacial score (nSPS) is 21.5. The first-order valence-corrected chi connectivity index (χ1v) is 6.22. The number of carbonyl (C=O) groups is 1. The van der Waals surface area contributed by atoms with Crippen molar-refractivity contribution in [3.8, 4) is 0 Å². The van der Waals surface area contributed by atoms with E-state index in [0.29, 0.717) is 6.42 Å². The lowest BCUT2D eigenvalue weighted by Crippen LogP contribution is -2.44. The van der Waals surface area contributed by atoms with E-state index in [2.05, 4.69) is 10.4 Å². The summed E-state index contributed by atoms with van der Waals surface area (Å²) in [5.41, 5.74) is 1.000. The third-order valence-electron chi connectivity index (χ3n) is 2.45. The number of hydrogen-bond donors (Lipinski definition) is 1. The second-order valence-corrected chi connectivity index (χ2v) is 4.90. The van der Waals surface area contributed by atoms with Crippen molar-refractivity contribution < 1.29 is 4.79 Å². The quantitative estimate of drug-likeness (QED) is 0.800. The van der Waals surface area contributed by atoms with Crippen LogP contribution >= 0.6 is 11.8 Å². The molecule has 1 aromatic rings. The van der Waals surface area contributed by atoms with Crippen LogP contribution in [0, 0.1) is 0 Å². The van der Waals surface area contributed by atoms with Crippen LogP contribution in [-0.4, -0.2) is 39.7 Å². The largest absolute Gasteiger partial charge is 0.306 e.